The number of nitrogens with zero attached hydrogens (tertiary/aromatic N) is 3. The predicted octanol–water partition coefficient (Wildman–Crippen LogP) is 1.78. The Hall–Kier alpha value is -1.17. The lowest BCUT2D eigenvalue weighted by molar-refractivity contribution is 0.182. The van der Waals surface area contributed by atoms with Crippen molar-refractivity contribution in [3.63, 3.8) is 0 Å². The lowest BCUT2D eigenvalue weighted by Crippen LogP contribution is -2.26. The Labute approximate surface area is 111 Å². The van der Waals surface area contributed by atoms with E-state index in [0.29, 0.717) is 6.54 Å². The molecule has 0 aromatic carbocycles. The molecule has 0 spiro atoms. The predicted molar refractivity (Wildman–Crippen MR) is 73.5 cm³/mol. The molecule has 2 aromatic heterocycles. The van der Waals surface area contributed by atoms with E-state index in [1.807, 2.05) is 18.7 Å². The van der Waals surface area contributed by atoms with E-state index < -0.39 is 0 Å². The lowest BCUT2D eigenvalue weighted by atomic mass is 10.3. The van der Waals surface area contributed by atoms with Crippen LogP contribution in [0.3, 0.4) is 0 Å². The summed E-state index contributed by atoms with van der Waals surface area (Å²) in [5.74, 6) is 0. The number of thiophene rings is 1. The Balaban J connectivity index is 2.04. The summed E-state index contributed by atoms with van der Waals surface area (Å²) in [5, 5.41) is 15.6. The second-order valence-corrected chi connectivity index (χ2v) is 5.45. The van der Waals surface area contributed by atoms with Crippen LogP contribution in [0.15, 0.2) is 23.6 Å². The van der Waals surface area contributed by atoms with Crippen molar-refractivity contribution in [3.05, 3.63) is 39.8 Å². The molecule has 18 heavy (non-hydrogen) atoms. The fourth-order valence-electron chi connectivity index (χ4n) is 2.02. The summed E-state index contributed by atoms with van der Waals surface area (Å²) in [7, 11) is 1.96. The molecular formula is C13H19N3OS. The van der Waals surface area contributed by atoms with Crippen LogP contribution in [0.5, 0.6) is 0 Å². The quantitative estimate of drug-likeness (QED) is 0.865. The molecule has 4 nitrogen and oxygen atoms in total. The van der Waals surface area contributed by atoms with Gasteiger partial charge in [0.15, 0.2) is 0 Å². The molecule has 0 aliphatic heterocycles. The average Bonchev–Trinajstić information content (AvgIpc) is 2.90. The maximum atomic E-state index is 9.16. The highest BCUT2D eigenvalue weighted by molar-refractivity contribution is 7.09. The van der Waals surface area contributed by atoms with Gasteiger partial charge in [-0.1, -0.05) is 6.07 Å². The highest BCUT2D eigenvalue weighted by Gasteiger charge is 2.10. The first-order chi connectivity index (χ1) is 8.69. The van der Waals surface area contributed by atoms with Crippen LogP contribution < -0.4 is 0 Å². The van der Waals surface area contributed by atoms with Crippen LogP contribution in [-0.4, -0.2) is 32.9 Å². The molecule has 0 amide bonds. The van der Waals surface area contributed by atoms with Gasteiger partial charge in [0.05, 0.1) is 18.0 Å². The van der Waals surface area contributed by atoms with Crippen molar-refractivity contribution in [2.75, 3.05) is 13.2 Å². The SMILES string of the molecule is Cc1cc(CN(CCO)Cc2cccs2)n(C)n1. The lowest BCUT2D eigenvalue weighted by Gasteiger charge is -2.20. The Morgan fingerprint density at radius 2 is 2.28 bits per heavy atom. The van der Waals surface area contributed by atoms with Gasteiger partial charge in [-0.15, -0.1) is 11.3 Å². The van der Waals surface area contributed by atoms with Gasteiger partial charge < -0.3 is 5.11 Å². The number of aliphatic hydroxyl groups is 1. The van der Waals surface area contributed by atoms with Gasteiger partial charge in [0.25, 0.3) is 0 Å². The summed E-state index contributed by atoms with van der Waals surface area (Å²) in [6.45, 7) is 4.56. The Bertz CT molecular complexity index is 478. The van der Waals surface area contributed by atoms with Gasteiger partial charge in [-0.05, 0) is 24.4 Å². The van der Waals surface area contributed by atoms with Gasteiger partial charge in [0.2, 0.25) is 0 Å². The van der Waals surface area contributed by atoms with E-state index in [1.165, 1.54) is 10.6 Å². The van der Waals surface area contributed by atoms with Gasteiger partial charge in [-0.2, -0.15) is 5.10 Å². The maximum Gasteiger partial charge on any atom is 0.0597 e. The molecule has 2 rings (SSSR count). The summed E-state index contributed by atoms with van der Waals surface area (Å²) in [6.07, 6.45) is 0. The summed E-state index contributed by atoms with van der Waals surface area (Å²) in [4.78, 5) is 3.56. The Morgan fingerprint density at radius 1 is 1.44 bits per heavy atom. The van der Waals surface area contributed by atoms with Crippen molar-refractivity contribution in [2.45, 2.75) is 20.0 Å². The molecule has 0 aliphatic carbocycles. The van der Waals surface area contributed by atoms with E-state index in [1.54, 1.807) is 11.3 Å². The van der Waals surface area contributed by atoms with E-state index >= 15 is 0 Å². The largest absolute Gasteiger partial charge is 0.395 e. The van der Waals surface area contributed by atoms with Crippen LogP contribution in [-0.2, 0) is 20.1 Å². The first kappa shape index (κ1) is 13.3. The zero-order valence-corrected chi connectivity index (χ0v) is 11.7. The Morgan fingerprint density at radius 3 is 2.83 bits per heavy atom. The van der Waals surface area contributed by atoms with Crippen molar-refractivity contribution in [2.24, 2.45) is 7.05 Å². The molecule has 0 bridgehead atoms. The van der Waals surface area contributed by atoms with Gasteiger partial charge in [-0.3, -0.25) is 9.58 Å². The van der Waals surface area contributed by atoms with Crippen molar-refractivity contribution >= 4 is 11.3 Å². The summed E-state index contributed by atoms with van der Waals surface area (Å²) in [5.41, 5.74) is 2.21. The van der Waals surface area contributed by atoms with E-state index in [4.69, 9.17) is 5.11 Å². The third-order valence-electron chi connectivity index (χ3n) is 2.86. The van der Waals surface area contributed by atoms with Crippen molar-refractivity contribution in [1.29, 1.82) is 0 Å². The molecule has 2 aromatic rings. The van der Waals surface area contributed by atoms with E-state index in [2.05, 4.69) is 33.6 Å². The highest BCUT2D eigenvalue weighted by atomic mass is 32.1. The molecular weight excluding hydrogens is 246 g/mol. The van der Waals surface area contributed by atoms with Crippen LogP contribution in [0.25, 0.3) is 0 Å². The zero-order valence-electron chi connectivity index (χ0n) is 10.8. The third kappa shape index (κ3) is 3.41. The normalized spacial score (nSPS) is 11.3. The van der Waals surface area contributed by atoms with Crippen LogP contribution in [0.2, 0.25) is 0 Å². The first-order valence-electron chi connectivity index (χ1n) is 6.04. The van der Waals surface area contributed by atoms with Crippen molar-refractivity contribution in [1.82, 2.24) is 14.7 Å². The number of hydrogen-bond acceptors (Lipinski definition) is 4. The molecule has 0 unspecified atom stereocenters. The zero-order chi connectivity index (χ0) is 13.0. The fourth-order valence-corrected chi connectivity index (χ4v) is 2.77. The molecule has 2 heterocycles. The van der Waals surface area contributed by atoms with Gasteiger partial charge in [0.1, 0.15) is 0 Å². The number of aliphatic hydroxyl groups excluding tert-OH is 1. The van der Waals surface area contributed by atoms with E-state index in [-0.39, 0.29) is 6.61 Å². The number of hydrogen-bond donors (Lipinski definition) is 1. The Kier molecular flexibility index (Phi) is 4.52. The van der Waals surface area contributed by atoms with Crippen molar-refractivity contribution < 1.29 is 5.11 Å². The van der Waals surface area contributed by atoms with Crippen LogP contribution >= 0.6 is 11.3 Å². The molecule has 1 N–H and O–H groups in total. The topological polar surface area (TPSA) is 41.3 Å². The smallest absolute Gasteiger partial charge is 0.0597 e. The minimum atomic E-state index is 0.183. The molecule has 0 fully saturated rings. The fraction of sp³-hybridized carbons (Fsp3) is 0.462. The molecule has 0 radical (unpaired) electrons. The minimum Gasteiger partial charge on any atom is -0.395 e. The molecule has 0 aliphatic rings. The maximum absolute atomic E-state index is 9.16. The van der Waals surface area contributed by atoms with Crippen LogP contribution in [0.1, 0.15) is 16.3 Å². The van der Waals surface area contributed by atoms with Crippen LogP contribution in [0, 0.1) is 6.92 Å². The van der Waals surface area contributed by atoms with Gasteiger partial charge in [-0.25, -0.2) is 0 Å². The molecule has 98 valence electrons. The third-order valence-corrected chi connectivity index (χ3v) is 3.72. The van der Waals surface area contributed by atoms with Crippen LogP contribution in [0.4, 0.5) is 0 Å². The standard InChI is InChI=1S/C13H19N3OS/c1-11-8-12(15(2)14-11)9-16(5-6-17)10-13-4-3-7-18-13/h3-4,7-8,17H,5-6,9-10H2,1-2H3. The van der Waals surface area contributed by atoms with E-state index in [0.717, 1.165) is 18.8 Å². The first-order valence-corrected chi connectivity index (χ1v) is 6.92. The highest BCUT2D eigenvalue weighted by Crippen LogP contribution is 2.14. The summed E-state index contributed by atoms with van der Waals surface area (Å²) in [6, 6.07) is 6.29. The molecule has 5 heteroatoms. The van der Waals surface area contributed by atoms with Crippen molar-refractivity contribution in [3.8, 4) is 0 Å². The monoisotopic (exact) mass is 265 g/mol. The van der Waals surface area contributed by atoms with Gasteiger partial charge >= 0.3 is 0 Å². The second kappa shape index (κ2) is 6.13. The summed E-state index contributed by atoms with van der Waals surface area (Å²) >= 11 is 1.75. The number of aryl methyl sites for hydroxylation is 2. The molecule has 0 saturated heterocycles. The van der Waals surface area contributed by atoms with Gasteiger partial charge in [0, 0.05) is 31.6 Å². The number of aromatic nitrogens is 2. The molecule has 0 saturated carbocycles. The number of rotatable bonds is 6. The van der Waals surface area contributed by atoms with E-state index in [9.17, 15) is 0 Å². The summed E-state index contributed by atoms with van der Waals surface area (Å²) < 4.78 is 1.91. The molecule has 0 atom stereocenters. The second-order valence-electron chi connectivity index (χ2n) is 4.41. The minimum absolute atomic E-state index is 0.183. The average molecular weight is 265 g/mol.